The summed E-state index contributed by atoms with van der Waals surface area (Å²) < 4.78 is 0. The molecule has 0 atom stereocenters. The van der Waals surface area contributed by atoms with Crippen LogP contribution in [0.25, 0.3) is 0 Å². The summed E-state index contributed by atoms with van der Waals surface area (Å²) in [5, 5.41) is 11.8. The Bertz CT molecular complexity index is 944. The van der Waals surface area contributed by atoms with E-state index < -0.39 is 11.3 Å². The van der Waals surface area contributed by atoms with Gasteiger partial charge in [0.1, 0.15) is 0 Å². The van der Waals surface area contributed by atoms with Crippen LogP contribution in [0.15, 0.2) is 48.5 Å². The van der Waals surface area contributed by atoms with E-state index in [1.807, 2.05) is 48.5 Å². The minimum Gasteiger partial charge on any atom is -0.395 e. The first kappa shape index (κ1) is 18.7. The van der Waals surface area contributed by atoms with Gasteiger partial charge in [0, 0.05) is 11.1 Å². The second kappa shape index (κ2) is 7.69. The molecule has 135 valence electrons. The molecular weight excluding hydrogens is 339 g/mol. The number of aliphatic hydroxyl groups is 1. The van der Waals surface area contributed by atoms with Crippen LogP contribution >= 0.6 is 0 Å². The Kier molecular flexibility index (Phi) is 5.34. The highest BCUT2D eigenvalue weighted by atomic mass is 16.3. The van der Waals surface area contributed by atoms with Crippen molar-refractivity contribution in [3.05, 3.63) is 65.2 Å². The number of anilines is 1. The quantitative estimate of drug-likeness (QED) is 0.650. The number of hydrogen-bond acceptors (Lipinski definition) is 3. The molecule has 2 amide bonds. The molecule has 2 aromatic carbocycles. The number of nitrogens with zero attached hydrogens (tertiary/aromatic N) is 1. The minimum absolute atomic E-state index is 0.309. The lowest BCUT2D eigenvalue weighted by molar-refractivity contribution is -0.129. The number of carbonyl (C=O) groups excluding carboxylic acids is 2. The van der Waals surface area contributed by atoms with Crippen molar-refractivity contribution in [1.82, 2.24) is 5.23 Å². The molecule has 0 fully saturated rings. The molecule has 6 heteroatoms. The largest absolute Gasteiger partial charge is 0.395 e. The highest BCUT2D eigenvalue weighted by Crippen LogP contribution is 2.25. The fourth-order valence-electron chi connectivity index (χ4n) is 2.65. The molecule has 0 aliphatic carbocycles. The lowest BCUT2D eigenvalue weighted by Crippen LogP contribution is -2.47. The van der Waals surface area contributed by atoms with Crippen molar-refractivity contribution in [3.8, 4) is 11.8 Å². The van der Waals surface area contributed by atoms with E-state index in [9.17, 15) is 14.7 Å². The van der Waals surface area contributed by atoms with Crippen LogP contribution in [0.4, 0.5) is 10.5 Å². The van der Waals surface area contributed by atoms with E-state index in [2.05, 4.69) is 17.1 Å². The summed E-state index contributed by atoms with van der Waals surface area (Å²) >= 11 is 0. The Morgan fingerprint density at radius 2 is 1.74 bits per heavy atom. The van der Waals surface area contributed by atoms with Gasteiger partial charge < -0.3 is 15.2 Å². The maximum atomic E-state index is 12.9. The number of para-hydroxylation sites is 1. The fourth-order valence-corrected chi connectivity index (χ4v) is 2.65. The predicted octanol–water partition coefficient (Wildman–Crippen LogP) is 2.28. The Balaban J connectivity index is 1.89. The Morgan fingerprint density at radius 1 is 1.11 bits per heavy atom. The van der Waals surface area contributed by atoms with E-state index in [0.29, 0.717) is 12.2 Å². The maximum Gasteiger partial charge on any atom is 0.364 e. The minimum atomic E-state index is -0.969. The number of benzene rings is 2. The van der Waals surface area contributed by atoms with Crippen molar-refractivity contribution < 1.29 is 14.7 Å². The second-order valence-electron chi connectivity index (χ2n) is 7.01. The van der Waals surface area contributed by atoms with Crippen molar-refractivity contribution >= 4 is 24.8 Å². The van der Waals surface area contributed by atoms with Crippen molar-refractivity contribution in [2.45, 2.75) is 20.4 Å². The van der Waals surface area contributed by atoms with Crippen molar-refractivity contribution in [1.29, 1.82) is 0 Å². The lowest BCUT2D eigenvalue weighted by Gasteiger charge is -2.27. The highest BCUT2D eigenvalue weighted by Gasteiger charge is 2.29. The van der Waals surface area contributed by atoms with Gasteiger partial charge in [-0.05, 0) is 37.6 Å². The van der Waals surface area contributed by atoms with Gasteiger partial charge in [-0.15, -0.1) is 0 Å². The molecule has 0 aromatic heterocycles. The summed E-state index contributed by atoms with van der Waals surface area (Å²) in [5.74, 6) is 5.51. The average molecular weight is 359 g/mol. The van der Waals surface area contributed by atoms with Crippen LogP contribution in [0.1, 0.15) is 30.5 Å². The fraction of sp³-hybridized carbons (Fsp3) is 0.238. The number of rotatable bonds is 4. The summed E-state index contributed by atoms with van der Waals surface area (Å²) in [6.07, 6.45) is 0. The van der Waals surface area contributed by atoms with Crippen LogP contribution in [0.2, 0.25) is 0 Å². The first-order valence-corrected chi connectivity index (χ1v) is 8.68. The van der Waals surface area contributed by atoms with Gasteiger partial charge in [-0.1, -0.05) is 42.2 Å². The molecule has 3 rings (SSSR count). The van der Waals surface area contributed by atoms with E-state index in [0.717, 1.165) is 24.1 Å². The van der Waals surface area contributed by atoms with E-state index in [-0.39, 0.29) is 12.4 Å². The van der Waals surface area contributed by atoms with E-state index in [1.54, 1.807) is 18.7 Å². The molecule has 2 aromatic rings. The van der Waals surface area contributed by atoms with Gasteiger partial charge in [-0.25, -0.2) is 0 Å². The van der Waals surface area contributed by atoms with E-state index in [1.165, 1.54) is 0 Å². The topological polar surface area (TPSA) is 69.6 Å². The molecule has 0 saturated heterocycles. The van der Waals surface area contributed by atoms with Crippen LogP contribution < -0.4 is 10.1 Å². The first-order chi connectivity index (χ1) is 12.9. The summed E-state index contributed by atoms with van der Waals surface area (Å²) in [6, 6.07) is 15.1. The molecule has 0 spiro atoms. The van der Waals surface area contributed by atoms with Gasteiger partial charge in [-0.2, -0.15) is 0 Å². The number of amides is 2. The molecule has 1 heterocycles. The third-order valence-electron chi connectivity index (χ3n) is 4.48. The van der Waals surface area contributed by atoms with Gasteiger partial charge >= 0.3 is 7.41 Å². The zero-order valence-corrected chi connectivity index (χ0v) is 15.3. The van der Waals surface area contributed by atoms with E-state index >= 15 is 0 Å². The Labute approximate surface area is 159 Å². The van der Waals surface area contributed by atoms with Crippen LogP contribution in [0.3, 0.4) is 0 Å². The molecule has 5 nitrogen and oxygen atoms in total. The Hall–Kier alpha value is -3.04. The van der Waals surface area contributed by atoms with Gasteiger partial charge in [0.05, 0.1) is 24.3 Å². The van der Waals surface area contributed by atoms with Gasteiger partial charge in [-0.3, -0.25) is 9.59 Å². The van der Waals surface area contributed by atoms with Crippen LogP contribution in [-0.2, 0) is 11.3 Å². The summed E-state index contributed by atoms with van der Waals surface area (Å²) in [4.78, 5) is 26.6. The third-order valence-corrected chi connectivity index (χ3v) is 4.48. The highest BCUT2D eigenvalue weighted by molar-refractivity contribution is 6.75. The zero-order chi connectivity index (χ0) is 19.4. The molecule has 1 aliphatic rings. The van der Waals surface area contributed by atoms with Crippen LogP contribution in [-0.4, -0.2) is 30.8 Å². The standard InChI is InChI=1S/C21H20BN2O3/c1-21(2,14-25)19(26)23-22-20(27)24-13-17-9-4-3-7-15(17)11-12-16-8-5-6-10-18(16)24/h3-10,25H,13-14H2,1-2H3,(H,23,26). The number of hydrogen-bond donors (Lipinski definition) is 2. The number of fused-ring (bicyclic) bond motifs is 2. The molecular formula is C21H20BN2O3. The van der Waals surface area contributed by atoms with Crippen molar-refractivity contribution in [3.63, 3.8) is 0 Å². The second-order valence-corrected chi connectivity index (χ2v) is 7.01. The smallest absolute Gasteiger partial charge is 0.364 e. The number of nitrogens with one attached hydrogen (secondary N) is 1. The number of aliphatic hydroxyl groups excluding tert-OH is 1. The summed E-state index contributed by atoms with van der Waals surface area (Å²) in [6.45, 7) is 3.25. The van der Waals surface area contributed by atoms with Crippen molar-refractivity contribution in [2.75, 3.05) is 11.5 Å². The van der Waals surface area contributed by atoms with Crippen LogP contribution in [0.5, 0.6) is 0 Å². The summed E-state index contributed by atoms with van der Waals surface area (Å²) in [5.41, 5.74) is 2.27. The third kappa shape index (κ3) is 4.04. The lowest BCUT2D eigenvalue weighted by atomic mass is 9.85. The van der Waals surface area contributed by atoms with Gasteiger partial charge in [0.15, 0.2) is 0 Å². The monoisotopic (exact) mass is 359 g/mol. The van der Waals surface area contributed by atoms with Crippen LogP contribution in [0, 0.1) is 17.3 Å². The molecule has 1 aliphatic heterocycles. The zero-order valence-electron chi connectivity index (χ0n) is 15.3. The maximum absolute atomic E-state index is 12.9. The molecule has 27 heavy (non-hydrogen) atoms. The molecule has 0 bridgehead atoms. The molecule has 2 N–H and O–H groups in total. The first-order valence-electron chi connectivity index (χ1n) is 8.68. The molecule has 1 radical (unpaired) electrons. The average Bonchev–Trinajstić information content (AvgIpc) is 2.67. The normalized spacial score (nSPS) is 12.5. The van der Waals surface area contributed by atoms with Crippen molar-refractivity contribution in [2.24, 2.45) is 5.41 Å². The van der Waals surface area contributed by atoms with Gasteiger partial charge in [0.25, 0.3) is 0 Å². The SMILES string of the molecule is CC(C)(CO)C(=O)N[B]C(=O)N1Cc2ccccc2C#Cc2ccccc21. The van der Waals surface area contributed by atoms with E-state index in [4.69, 9.17) is 0 Å². The Morgan fingerprint density at radius 3 is 2.48 bits per heavy atom. The van der Waals surface area contributed by atoms with Gasteiger partial charge in [0.2, 0.25) is 11.7 Å². The summed E-state index contributed by atoms with van der Waals surface area (Å²) in [7, 11) is 1.15. The molecule has 0 unspecified atom stereocenters. The molecule has 0 saturated carbocycles. The number of carbonyl (C=O) groups is 2. The predicted molar refractivity (Wildman–Crippen MR) is 105 cm³/mol.